The van der Waals surface area contributed by atoms with Gasteiger partial charge in [-0.1, -0.05) is 382 Å². The van der Waals surface area contributed by atoms with Crippen molar-refractivity contribution in [1.82, 2.24) is 0 Å². The molecule has 0 aliphatic heterocycles. The first-order valence-electron chi connectivity index (χ1n) is 32.1. The van der Waals surface area contributed by atoms with Gasteiger partial charge >= 0.3 is 0 Å². The summed E-state index contributed by atoms with van der Waals surface area (Å²) in [4.78, 5) is 0. The van der Waals surface area contributed by atoms with E-state index in [9.17, 15) is 0 Å². The van der Waals surface area contributed by atoms with Crippen molar-refractivity contribution >= 4 is 0 Å². The van der Waals surface area contributed by atoms with Crippen molar-refractivity contribution in [1.29, 1.82) is 0 Å². The molecular weight excluding hydrogens is 877 g/mol. The van der Waals surface area contributed by atoms with Crippen molar-refractivity contribution in [3.05, 3.63) is 0 Å². The van der Waals surface area contributed by atoms with Crippen LogP contribution in [0.25, 0.3) is 0 Å². The largest absolute Gasteiger partial charge is 0.0654 e. The van der Waals surface area contributed by atoms with Crippen LogP contribution in [0.2, 0.25) is 0 Å². The lowest BCUT2D eigenvalue weighted by Crippen LogP contribution is -2.28. The molecule has 0 heteroatoms. The molecule has 0 aromatic rings. The molecule has 73 heavy (non-hydrogen) atoms. The van der Waals surface area contributed by atoms with E-state index in [4.69, 9.17) is 0 Å². The second-order valence-electron chi connectivity index (χ2n) is 32.1. The summed E-state index contributed by atoms with van der Waals surface area (Å²) in [6.07, 6.45) is 17.3. The SMILES string of the molecule is CC(C)(C)C(C)(C)C.CC(C)C(C)(C)C.CC(C)C(C)(C)C.CCC(C)(C)C(C)(C)C.CCC(C)(C)CC.CCC(C)C(C)C.CCC(C)C(C)C.CCCC(C)(C)C.CCCC(C)CC.CCCC(C)CC. The Morgan fingerprint density at radius 2 is 0.521 bits per heavy atom. The molecule has 0 N–H and O–H groups in total. The molecule has 0 nitrogen and oxygen atoms in total. The highest BCUT2D eigenvalue weighted by molar-refractivity contribution is 4.80. The van der Waals surface area contributed by atoms with E-state index in [0.717, 1.165) is 47.3 Å². The zero-order chi connectivity index (χ0) is 61.8. The summed E-state index contributed by atoms with van der Waals surface area (Å²) in [6, 6.07) is 0. The molecule has 0 rings (SSSR count). The zero-order valence-electron chi connectivity index (χ0n) is 61.8. The quantitative estimate of drug-likeness (QED) is 0.163. The van der Waals surface area contributed by atoms with Crippen molar-refractivity contribution < 1.29 is 0 Å². The normalized spacial score (nSPS) is 13.6. The second kappa shape index (κ2) is 50.2. The maximum atomic E-state index is 2.33. The zero-order valence-corrected chi connectivity index (χ0v) is 61.8. The highest BCUT2D eigenvalue weighted by Crippen LogP contribution is 2.40. The molecule has 0 saturated carbocycles. The summed E-state index contributed by atoms with van der Waals surface area (Å²) in [6.45, 7) is 99.9. The fourth-order valence-electron chi connectivity index (χ4n) is 3.87. The predicted octanol–water partition coefficient (Wildman–Crippen LogP) is 28.6. The number of hydrogen-bond donors (Lipinski definition) is 0. The Morgan fingerprint density at radius 1 is 0.288 bits per heavy atom. The molecule has 0 aromatic carbocycles. The van der Waals surface area contributed by atoms with Gasteiger partial charge in [0.1, 0.15) is 0 Å². The van der Waals surface area contributed by atoms with E-state index in [1.807, 2.05) is 0 Å². The fourth-order valence-corrected chi connectivity index (χ4v) is 3.87. The van der Waals surface area contributed by atoms with E-state index in [0.29, 0.717) is 43.3 Å². The maximum Gasteiger partial charge on any atom is -0.0308 e. The van der Waals surface area contributed by atoms with E-state index >= 15 is 0 Å². The third-order valence-corrected chi connectivity index (χ3v) is 18.1. The lowest BCUT2D eigenvalue weighted by Gasteiger charge is -2.37. The van der Waals surface area contributed by atoms with Gasteiger partial charge in [0.2, 0.25) is 0 Å². The Labute approximate surface area is 476 Å². The van der Waals surface area contributed by atoms with Crippen LogP contribution < -0.4 is 0 Å². The summed E-state index contributed by atoms with van der Waals surface area (Å²) >= 11 is 0. The van der Waals surface area contributed by atoms with Gasteiger partial charge in [0, 0.05) is 0 Å². The minimum Gasteiger partial charge on any atom is -0.0654 e. The van der Waals surface area contributed by atoms with Crippen molar-refractivity contribution in [2.75, 3.05) is 0 Å². The van der Waals surface area contributed by atoms with E-state index in [-0.39, 0.29) is 0 Å². The summed E-state index contributed by atoms with van der Waals surface area (Å²) in [7, 11) is 0. The summed E-state index contributed by atoms with van der Waals surface area (Å²) in [5, 5.41) is 0. The van der Waals surface area contributed by atoms with Crippen LogP contribution in [0.3, 0.4) is 0 Å². The summed E-state index contributed by atoms with van der Waals surface area (Å²) in [5.41, 5.74) is 3.93. The van der Waals surface area contributed by atoms with Crippen LogP contribution >= 0.6 is 0 Å². The maximum absolute atomic E-state index is 2.33. The lowest BCUT2D eigenvalue weighted by atomic mass is 9.68. The third kappa shape index (κ3) is 83.5. The first-order valence-corrected chi connectivity index (χ1v) is 32.1. The van der Waals surface area contributed by atoms with Gasteiger partial charge in [0.15, 0.2) is 0 Å². The fraction of sp³-hybridized carbons (Fsp3) is 1.00. The van der Waals surface area contributed by atoms with Crippen LogP contribution in [0.5, 0.6) is 0 Å². The highest BCUT2D eigenvalue weighted by Gasteiger charge is 2.30. The van der Waals surface area contributed by atoms with Crippen molar-refractivity contribution in [3.63, 3.8) is 0 Å². The molecule has 0 bridgehead atoms. The summed E-state index contributed by atoms with van der Waals surface area (Å²) in [5.74, 6) is 7.03. The number of rotatable bonds is 14. The standard InChI is InChI=1S/C9H20.C8H18.8C7H16/c1-7-9(5,6)8(2,3)4;1-7(2,3)8(4,5)6;2*1-6(2)7(3,4)5;1-5-6-7(2,3)4;1-5-7(3,4)6-2;2*1-5-7(4)6(2)3;2*1-4-6-7(3)5-2/h7H2,1-6H3;1-6H3;2*6H,1-5H3;2*5-6H2,1-4H3;2*6-7H,5H2,1-4H3;2*7H,4-6H2,1-3H3. The molecule has 0 heterocycles. The Kier molecular flexibility index (Phi) is 65.6. The van der Waals surface area contributed by atoms with Crippen LogP contribution in [0, 0.1) is 90.7 Å². The van der Waals surface area contributed by atoms with Gasteiger partial charge in [-0.3, -0.25) is 0 Å². The average Bonchev–Trinajstić information content (AvgIpc) is 3.22. The van der Waals surface area contributed by atoms with Crippen LogP contribution in [0.4, 0.5) is 0 Å². The Balaban J connectivity index is -0.0000000756. The molecule has 0 aromatic heterocycles. The number of hydrogen-bond acceptors (Lipinski definition) is 0. The lowest BCUT2D eigenvalue weighted by molar-refractivity contribution is 0.126. The first-order chi connectivity index (χ1) is 32.1. The van der Waals surface area contributed by atoms with Gasteiger partial charge in [0.05, 0.1) is 0 Å². The van der Waals surface area contributed by atoms with Crippen LogP contribution in [0.15, 0.2) is 0 Å². The minimum atomic E-state index is 0.437. The molecular formula is C73H166. The van der Waals surface area contributed by atoms with Crippen molar-refractivity contribution in [2.24, 2.45) is 90.7 Å². The smallest absolute Gasteiger partial charge is 0.0308 e. The van der Waals surface area contributed by atoms with E-state index in [2.05, 4.69) is 305 Å². The third-order valence-electron chi connectivity index (χ3n) is 18.1. The molecule has 0 amide bonds. The van der Waals surface area contributed by atoms with Gasteiger partial charge in [-0.25, -0.2) is 0 Å². The van der Waals surface area contributed by atoms with E-state index < -0.39 is 0 Å². The summed E-state index contributed by atoms with van der Waals surface area (Å²) < 4.78 is 0. The van der Waals surface area contributed by atoms with Gasteiger partial charge in [-0.2, -0.15) is 0 Å². The van der Waals surface area contributed by atoms with Gasteiger partial charge in [0.25, 0.3) is 0 Å². The molecule has 458 valence electrons. The molecule has 0 fully saturated rings. The molecule has 0 aliphatic rings. The monoisotopic (exact) mass is 1040 g/mol. The van der Waals surface area contributed by atoms with Crippen molar-refractivity contribution in [3.8, 4) is 0 Å². The van der Waals surface area contributed by atoms with Crippen LogP contribution in [-0.2, 0) is 0 Å². The first kappa shape index (κ1) is 95.3. The van der Waals surface area contributed by atoms with E-state index in [1.54, 1.807) is 0 Å². The minimum absolute atomic E-state index is 0.437. The van der Waals surface area contributed by atoms with E-state index in [1.165, 1.54) is 83.5 Å². The Morgan fingerprint density at radius 3 is 0.534 bits per heavy atom. The average molecular weight is 1040 g/mol. The molecule has 4 atom stereocenters. The topological polar surface area (TPSA) is 0 Å². The molecule has 0 saturated heterocycles. The van der Waals surface area contributed by atoms with Gasteiger partial charge in [-0.05, 0) is 97.1 Å². The Bertz CT molecular complexity index is 950. The molecule has 0 radical (unpaired) electrons. The van der Waals surface area contributed by atoms with Crippen LogP contribution in [-0.4, -0.2) is 0 Å². The van der Waals surface area contributed by atoms with Gasteiger partial charge < -0.3 is 0 Å². The molecule has 0 aliphatic carbocycles. The molecule has 0 spiro atoms. The second-order valence-corrected chi connectivity index (χ2v) is 32.1. The Hall–Kier alpha value is 0. The van der Waals surface area contributed by atoms with Gasteiger partial charge in [-0.15, -0.1) is 0 Å². The van der Waals surface area contributed by atoms with Crippen LogP contribution in [0.1, 0.15) is 388 Å². The van der Waals surface area contributed by atoms with Crippen molar-refractivity contribution in [2.45, 2.75) is 388 Å². The molecule has 4 unspecified atom stereocenters. The predicted molar refractivity (Wildman–Crippen MR) is 357 cm³/mol. The highest BCUT2D eigenvalue weighted by atomic mass is 14.4.